The highest BCUT2D eigenvalue weighted by molar-refractivity contribution is 7.58. The van der Waals surface area contributed by atoms with Crippen LogP contribution in [0.1, 0.15) is 0 Å². The molecule has 0 rings (SSSR count). The Balaban J connectivity index is 4.46. The Morgan fingerprint density at radius 2 is 2.13 bits per heavy atom. The van der Waals surface area contributed by atoms with Gasteiger partial charge in [0.2, 0.25) is 5.96 Å². The zero-order valence-electron chi connectivity index (χ0n) is 8.19. The number of carboxylic acid groups (broad SMARTS) is 1. The van der Waals surface area contributed by atoms with E-state index in [2.05, 4.69) is 14.3 Å². The number of guanidine groups is 1. The molecule has 0 aliphatic heterocycles. The van der Waals surface area contributed by atoms with Crippen LogP contribution in [0.4, 0.5) is 0 Å². The number of nitrogens with zero attached hydrogens (tertiary/aromatic N) is 2. The van der Waals surface area contributed by atoms with Gasteiger partial charge in [0, 0.05) is 16.5 Å². The van der Waals surface area contributed by atoms with E-state index in [0.717, 1.165) is 12.0 Å². The van der Waals surface area contributed by atoms with Crippen molar-refractivity contribution in [3.05, 3.63) is 0 Å². The van der Waals surface area contributed by atoms with Crippen molar-refractivity contribution in [2.24, 2.45) is 10.5 Å². The lowest BCUT2D eigenvalue weighted by Gasteiger charge is -2.14. The summed E-state index contributed by atoms with van der Waals surface area (Å²) in [6.45, 7) is -0.428. The average molecular weight is 242 g/mol. The average Bonchev–Trinajstić information content (AvgIpc) is 2.01. The number of carbonyl (C=O) groups is 1. The molecular formula is C5H13N3O6P+. The molecule has 88 valence electrons. The second-order valence-corrected chi connectivity index (χ2v) is 3.84. The van der Waals surface area contributed by atoms with Gasteiger partial charge >= 0.3 is 14.1 Å². The van der Waals surface area contributed by atoms with Crippen molar-refractivity contribution < 1.29 is 29.2 Å². The first-order valence-corrected chi connectivity index (χ1v) is 5.20. The van der Waals surface area contributed by atoms with Crippen molar-refractivity contribution in [1.82, 2.24) is 4.90 Å². The summed E-state index contributed by atoms with van der Waals surface area (Å²) in [4.78, 5) is 33.4. The van der Waals surface area contributed by atoms with Crippen LogP contribution < -0.4 is 5.73 Å². The second kappa shape index (κ2) is 5.79. The smallest absolute Gasteiger partial charge is 0.480 e. The summed E-state index contributed by atoms with van der Waals surface area (Å²) >= 11 is 0. The van der Waals surface area contributed by atoms with Crippen molar-refractivity contribution in [3.63, 3.8) is 0 Å². The highest BCUT2D eigenvalue weighted by Gasteiger charge is 2.40. The van der Waals surface area contributed by atoms with Gasteiger partial charge in [-0.1, -0.05) is 0 Å². The van der Waals surface area contributed by atoms with Gasteiger partial charge in [0.1, 0.15) is 6.54 Å². The second-order valence-electron chi connectivity index (χ2n) is 2.46. The van der Waals surface area contributed by atoms with Gasteiger partial charge in [0.15, 0.2) is 0 Å². The third kappa shape index (κ3) is 6.15. The van der Waals surface area contributed by atoms with Crippen molar-refractivity contribution in [2.45, 2.75) is 0 Å². The molecule has 0 aliphatic rings. The molecule has 0 aromatic heterocycles. The van der Waals surface area contributed by atoms with E-state index in [1.54, 1.807) is 0 Å². The molecule has 0 saturated carbocycles. The normalized spacial score (nSPS) is 12.7. The molecular weight excluding hydrogens is 229 g/mol. The van der Waals surface area contributed by atoms with Gasteiger partial charge in [-0.25, -0.2) is 0 Å². The first-order valence-electron chi connectivity index (χ1n) is 3.64. The number of hydrogen-bond donors (Lipinski definition) is 4. The van der Waals surface area contributed by atoms with Crippen LogP contribution in [0.2, 0.25) is 0 Å². The summed E-state index contributed by atoms with van der Waals surface area (Å²) in [5, 5.41) is 8.41. The molecule has 9 nitrogen and oxygen atoms in total. The van der Waals surface area contributed by atoms with Crippen molar-refractivity contribution >= 4 is 20.0 Å². The Labute approximate surface area is 86.3 Å². The summed E-state index contributed by atoms with van der Waals surface area (Å²) in [6.07, 6.45) is 0. The van der Waals surface area contributed by atoms with Crippen LogP contribution in [-0.4, -0.2) is 52.4 Å². The van der Waals surface area contributed by atoms with E-state index in [1.807, 2.05) is 0 Å². The fourth-order valence-electron chi connectivity index (χ4n) is 0.610. The first-order chi connectivity index (χ1) is 6.78. The molecule has 0 amide bonds. The summed E-state index contributed by atoms with van der Waals surface area (Å²) in [5.74, 6) is -1.52. The Hall–Kier alpha value is -0.990. The Morgan fingerprint density at radius 3 is 2.53 bits per heavy atom. The number of likely N-dealkylation sites (N-methyl/N-ethyl adjacent to an activating group) is 1. The van der Waals surface area contributed by atoms with Gasteiger partial charge in [0.25, 0.3) is 0 Å². The van der Waals surface area contributed by atoms with E-state index >= 15 is 0 Å². The third-order valence-corrected chi connectivity index (χ3v) is 1.99. The SMILES string of the molecule is COO[P+](O)(O)N=C(N)N(C)CC(=O)O. The molecule has 0 aromatic carbocycles. The van der Waals surface area contributed by atoms with Crippen LogP contribution >= 0.6 is 8.09 Å². The highest BCUT2D eigenvalue weighted by atomic mass is 31.2. The molecule has 0 spiro atoms. The highest BCUT2D eigenvalue weighted by Crippen LogP contribution is 2.52. The standard InChI is InChI=1S/C5H12N3O6P/c1-8(3-4(9)10)5(6)7-15(11,12)14-13-2/h11-12H,3H2,1-2H3,(H2-,6,7,9,10)/p+1. The first kappa shape index (κ1) is 14.0. The molecule has 0 bridgehead atoms. The molecule has 0 aromatic rings. The molecule has 15 heavy (non-hydrogen) atoms. The third-order valence-electron chi connectivity index (χ3n) is 1.17. The van der Waals surface area contributed by atoms with Crippen LogP contribution in [0.5, 0.6) is 0 Å². The van der Waals surface area contributed by atoms with E-state index in [0.29, 0.717) is 0 Å². The van der Waals surface area contributed by atoms with E-state index in [-0.39, 0.29) is 5.96 Å². The zero-order valence-corrected chi connectivity index (χ0v) is 9.09. The van der Waals surface area contributed by atoms with Crippen molar-refractivity contribution in [3.8, 4) is 0 Å². The van der Waals surface area contributed by atoms with Gasteiger partial charge in [-0.15, -0.1) is 0 Å². The molecule has 0 atom stereocenters. The van der Waals surface area contributed by atoms with Crippen LogP contribution in [0, 0.1) is 0 Å². The van der Waals surface area contributed by atoms with Gasteiger partial charge < -0.3 is 15.7 Å². The fourth-order valence-corrected chi connectivity index (χ4v) is 1.26. The van der Waals surface area contributed by atoms with Crippen LogP contribution in [0.15, 0.2) is 4.76 Å². The zero-order chi connectivity index (χ0) is 12.1. The minimum Gasteiger partial charge on any atom is -0.480 e. The molecule has 0 fully saturated rings. The fraction of sp³-hybridized carbons (Fsp3) is 0.600. The predicted molar refractivity (Wildman–Crippen MR) is 51.3 cm³/mol. The number of rotatable bonds is 5. The largest absolute Gasteiger partial charge is 0.583 e. The molecule has 10 heteroatoms. The predicted octanol–water partition coefficient (Wildman–Crippen LogP) is -1.44. The summed E-state index contributed by atoms with van der Waals surface area (Å²) in [5.41, 5.74) is 5.27. The molecule has 0 heterocycles. The van der Waals surface area contributed by atoms with Gasteiger partial charge in [-0.2, -0.15) is 14.7 Å². The van der Waals surface area contributed by atoms with E-state index in [9.17, 15) is 4.79 Å². The van der Waals surface area contributed by atoms with Gasteiger partial charge in [-0.05, 0) is 0 Å². The maximum Gasteiger partial charge on any atom is 0.583 e. The molecule has 0 saturated heterocycles. The van der Waals surface area contributed by atoms with Crippen LogP contribution in [-0.2, 0) is 14.4 Å². The van der Waals surface area contributed by atoms with Crippen molar-refractivity contribution in [1.29, 1.82) is 0 Å². The summed E-state index contributed by atoms with van der Waals surface area (Å²) in [7, 11) is -1.71. The maximum atomic E-state index is 10.3. The Kier molecular flexibility index (Phi) is 5.40. The molecule has 5 N–H and O–H groups in total. The molecule has 0 unspecified atom stereocenters. The summed E-state index contributed by atoms with van der Waals surface area (Å²) < 4.78 is 7.22. The van der Waals surface area contributed by atoms with Crippen LogP contribution in [0.3, 0.4) is 0 Å². The van der Waals surface area contributed by atoms with Gasteiger partial charge in [0.05, 0.1) is 7.11 Å². The number of nitrogens with two attached hydrogens (primary N) is 1. The molecule has 0 aliphatic carbocycles. The Morgan fingerprint density at radius 1 is 1.60 bits per heavy atom. The van der Waals surface area contributed by atoms with E-state index in [4.69, 9.17) is 20.6 Å². The number of carboxylic acids is 1. The summed E-state index contributed by atoms with van der Waals surface area (Å²) in [6, 6.07) is 0. The Bertz CT molecular complexity index is 257. The maximum absolute atomic E-state index is 10.3. The minimum atomic E-state index is -4.09. The number of hydrogen-bond acceptors (Lipinski definition) is 6. The minimum absolute atomic E-state index is 0.382. The lowest BCUT2D eigenvalue weighted by atomic mass is 10.6. The van der Waals surface area contributed by atoms with E-state index < -0.39 is 20.6 Å². The quantitative estimate of drug-likeness (QED) is 0.151. The number of aliphatic carboxylic acids is 1. The van der Waals surface area contributed by atoms with Crippen LogP contribution in [0.25, 0.3) is 0 Å². The van der Waals surface area contributed by atoms with E-state index in [1.165, 1.54) is 7.05 Å². The lowest BCUT2D eigenvalue weighted by molar-refractivity contribution is -0.192. The molecule has 0 radical (unpaired) electrons. The lowest BCUT2D eigenvalue weighted by Crippen LogP contribution is -2.37. The van der Waals surface area contributed by atoms with Gasteiger partial charge in [-0.3, -0.25) is 4.79 Å². The topological polar surface area (TPSA) is 138 Å². The monoisotopic (exact) mass is 242 g/mol. The van der Waals surface area contributed by atoms with Crippen molar-refractivity contribution in [2.75, 3.05) is 20.7 Å².